The Morgan fingerprint density at radius 3 is 2.86 bits per heavy atom. The highest BCUT2D eigenvalue weighted by molar-refractivity contribution is 5.21. The van der Waals surface area contributed by atoms with Crippen molar-refractivity contribution in [3.63, 3.8) is 0 Å². The SMILES string of the molecule is Cc1c(C(CO)NC2CC2)cnn1C. The van der Waals surface area contributed by atoms with Crippen molar-refractivity contribution in [1.29, 1.82) is 0 Å². The predicted molar refractivity (Wildman–Crippen MR) is 53.9 cm³/mol. The third-order valence-corrected chi connectivity index (χ3v) is 2.85. The van der Waals surface area contributed by atoms with Gasteiger partial charge in [0.05, 0.1) is 18.8 Å². The normalized spacial score (nSPS) is 18.5. The molecule has 4 nitrogen and oxygen atoms in total. The lowest BCUT2D eigenvalue weighted by Crippen LogP contribution is -2.26. The minimum Gasteiger partial charge on any atom is -0.394 e. The van der Waals surface area contributed by atoms with E-state index in [9.17, 15) is 5.11 Å². The van der Waals surface area contributed by atoms with Crippen LogP contribution < -0.4 is 5.32 Å². The molecule has 0 radical (unpaired) electrons. The standard InChI is InChI=1S/C10H17N3O/c1-7-9(5-11-13(7)2)10(6-14)12-8-3-4-8/h5,8,10,12,14H,3-4,6H2,1-2H3. The summed E-state index contributed by atoms with van der Waals surface area (Å²) in [7, 11) is 1.92. The molecule has 14 heavy (non-hydrogen) atoms. The van der Waals surface area contributed by atoms with E-state index in [4.69, 9.17) is 0 Å². The van der Waals surface area contributed by atoms with Crippen molar-refractivity contribution in [1.82, 2.24) is 15.1 Å². The fraction of sp³-hybridized carbons (Fsp3) is 0.700. The maximum absolute atomic E-state index is 9.29. The largest absolute Gasteiger partial charge is 0.394 e. The van der Waals surface area contributed by atoms with E-state index < -0.39 is 0 Å². The average Bonchev–Trinajstić information content (AvgIpc) is 2.94. The van der Waals surface area contributed by atoms with Gasteiger partial charge in [0, 0.05) is 24.3 Å². The molecule has 1 unspecified atom stereocenters. The molecule has 2 rings (SSSR count). The van der Waals surface area contributed by atoms with Gasteiger partial charge in [0.15, 0.2) is 0 Å². The molecule has 1 fully saturated rings. The highest BCUT2D eigenvalue weighted by Crippen LogP contribution is 2.25. The van der Waals surface area contributed by atoms with E-state index in [1.54, 1.807) is 0 Å². The van der Waals surface area contributed by atoms with Gasteiger partial charge in [0.2, 0.25) is 0 Å². The van der Waals surface area contributed by atoms with Crippen LogP contribution in [0.15, 0.2) is 6.20 Å². The van der Waals surface area contributed by atoms with Gasteiger partial charge in [-0.1, -0.05) is 0 Å². The number of aliphatic hydroxyl groups is 1. The molecule has 1 aliphatic rings. The number of aliphatic hydroxyl groups excluding tert-OH is 1. The van der Waals surface area contributed by atoms with Crippen molar-refractivity contribution in [2.45, 2.75) is 31.8 Å². The molecular weight excluding hydrogens is 178 g/mol. The summed E-state index contributed by atoms with van der Waals surface area (Å²) in [5, 5.41) is 16.9. The van der Waals surface area contributed by atoms with Crippen LogP contribution in [0.25, 0.3) is 0 Å². The van der Waals surface area contributed by atoms with Crippen LogP contribution >= 0.6 is 0 Å². The number of nitrogens with one attached hydrogen (secondary N) is 1. The zero-order valence-corrected chi connectivity index (χ0v) is 8.70. The summed E-state index contributed by atoms with van der Waals surface area (Å²) in [4.78, 5) is 0. The van der Waals surface area contributed by atoms with Crippen molar-refractivity contribution >= 4 is 0 Å². The first-order chi connectivity index (χ1) is 6.72. The van der Waals surface area contributed by atoms with E-state index in [0.29, 0.717) is 6.04 Å². The molecule has 1 aliphatic carbocycles. The maximum Gasteiger partial charge on any atom is 0.0627 e. The smallest absolute Gasteiger partial charge is 0.0627 e. The predicted octanol–water partition coefficient (Wildman–Crippen LogP) is 0.514. The molecule has 2 N–H and O–H groups in total. The van der Waals surface area contributed by atoms with E-state index in [1.165, 1.54) is 12.8 Å². The van der Waals surface area contributed by atoms with Crippen LogP contribution in [0.1, 0.15) is 30.1 Å². The summed E-state index contributed by atoms with van der Waals surface area (Å²) in [5.41, 5.74) is 2.24. The van der Waals surface area contributed by atoms with E-state index in [0.717, 1.165) is 11.3 Å². The van der Waals surface area contributed by atoms with Crippen LogP contribution in [0.5, 0.6) is 0 Å². The minimum absolute atomic E-state index is 0.0520. The minimum atomic E-state index is 0.0520. The molecule has 1 aromatic heterocycles. The molecule has 0 saturated heterocycles. The average molecular weight is 195 g/mol. The molecule has 0 spiro atoms. The molecule has 78 valence electrons. The van der Waals surface area contributed by atoms with Crippen molar-refractivity contribution in [3.8, 4) is 0 Å². The summed E-state index contributed by atoms with van der Waals surface area (Å²) in [6, 6.07) is 0.656. The lowest BCUT2D eigenvalue weighted by Gasteiger charge is -2.15. The number of hydrogen-bond acceptors (Lipinski definition) is 3. The second-order valence-corrected chi connectivity index (χ2v) is 3.99. The first-order valence-corrected chi connectivity index (χ1v) is 5.07. The fourth-order valence-corrected chi connectivity index (χ4v) is 1.63. The second kappa shape index (κ2) is 3.71. The molecule has 0 aromatic carbocycles. The van der Waals surface area contributed by atoms with Crippen molar-refractivity contribution < 1.29 is 5.11 Å². The Morgan fingerprint density at radius 1 is 1.71 bits per heavy atom. The van der Waals surface area contributed by atoms with Gasteiger partial charge >= 0.3 is 0 Å². The van der Waals surface area contributed by atoms with Crippen LogP contribution in [-0.4, -0.2) is 27.5 Å². The number of rotatable bonds is 4. The maximum atomic E-state index is 9.29. The van der Waals surface area contributed by atoms with E-state index >= 15 is 0 Å². The Balaban J connectivity index is 2.12. The molecule has 1 heterocycles. The highest BCUT2D eigenvalue weighted by Gasteiger charge is 2.26. The Morgan fingerprint density at radius 2 is 2.43 bits per heavy atom. The van der Waals surface area contributed by atoms with Crippen LogP contribution in [-0.2, 0) is 7.05 Å². The summed E-state index contributed by atoms with van der Waals surface area (Å²) < 4.78 is 1.84. The van der Waals surface area contributed by atoms with Crippen LogP contribution in [0.2, 0.25) is 0 Å². The van der Waals surface area contributed by atoms with E-state index in [1.807, 2.05) is 24.9 Å². The third-order valence-electron chi connectivity index (χ3n) is 2.85. The summed E-state index contributed by atoms with van der Waals surface area (Å²) in [6.45, 7) is 2.17. The summed E-state index contributed by atoms with van der Waals surface area (Å²) >= 11 is 0. The Bertz CT molecular complexity index is 317. The quantitative estimate of drug-likeness (QED) is 0.736. The van der Waals surface area contributed by atoms with E-state index in [2.05, 4.69) is 10.4 Å². The molecule has 1 atom stereocenters. The van der Waals surface area contributed by atoms with Crippen molar-refractivity contribution in [2.24, 2.45) is 7.05 Å². The highest BCUT2D eigenvalue weighted by atomic mass is 16.3. The van der Waals surface area contributed by atoms with Crippen LogP contribution in [0.4, 0.5) is 0 Å². The first kappa shape index (κ1) is 9.68. The van der Waals surface area contributed by atoms with Gasteiger partial charge in [-0.2, -0.15) is 5.10 Å². The Kier molecular flexibility index (Phi) is 2.56. The monoisotopic (exact) mass is 195 g/mol. The summed E-state index contributed by atoms with van der Waals surface area (Å²) in [6.07, 6.45) is 4.30. The van der Waals surface area contributed by atoms with Gasteiger partial charge in [0.1, 0.15) is 0 Å². The number of aryl methyl sites for hydroxylation is 1. The lowest BCUT2D eigenvalue weighted by molar-refractivity contribution is 0.243. The van der Waals surface area contributed by atoms with Gasteiger partial charge in [0.25, 0.3) is 0 Å². The van der Waals surface area contributed by atoms with Crippen molar-refractivity contribution in [2.75, 3.05) is 6.61 Å². The summed E-state index contributed by atoms with van der Waals surface area (Å²) in [5.74, 6) is 0. The fourth-order valence-electron chi connectivity index (χ4n) is 1.63. The Hall–Kier alpha value is -0.870. The second-order valence-electron chi connectivity index (χ2n) is 3.99. The molecule has 0 aliphatic heterocycles. The van der Waals surface area contributed by atoms with Gasteiger partial charge in [-0.05, 0) is 19.8 Å². The molecule has 0 bridgehead atoms. The van der Waals surface area contributed by atoms with Gasteiger partial charge in [-0.15, -0.1) is 0 Å². The van der Waals surface area contributed by atoms with Crippen molar-refractivity contribution in [3.05, 3.63) is 17.5 Å². The first-order valence-electron chi connectivity index (χ1n) is 5.07. The molecule has 1 aromatic rings. The molecular formula is C10H17N3O. The van der Waals surface area contributed by atoms with E-state index in [-0.39, 0.29) is 12.6 Å². The molecule has 4 heteroatoms. The lowest BCUT2D eigenvalue weighted by atomic mass is 10.1. The zero-order valence-electron chi connectivity index (χ0n) is 8.70. The molecule has 1 saturated carbocycles. The number of aromatic nitrogens is 2. The van der Waals surface area contributed by atoms with Crippen LogP contribution in [0.3, 0.4) is 0 Å². The topological polar surface area (TPSA) is 50.1 Å². The van der Waals surface area contributed by atoms with Gasteiger partial charge < -0.3 is 10.4 Å². The third kappa shape index (κ3) is 1.81. The molecule has 0 amide bonds. The van der Waals surface area contributed by atoms with Crippen LogP contribution in [0, 0.1) is 6.92 Å². The number of nitrogens with zero attached hydrogens (tertiary/aromatic N) is 2. The van der Waals surface area contributed by atoms with Gasteiger partial charge in [-0.25, -0.2) is 0 Å². The Labute approximate surface area is 83.9 Å². The van der Waals surface area contributed by atoms with Gasteiger partial charge in [-0.3, -0.25) is 4.68 Å². The zero-order chi connectivity index (χ0) is 10.1. The number of hydrogen-bond donors (Lipinski definition) is 2.